The van der Waals surface area contributed by atoms with Crippen molar-refractivity contribution in [3.8, 4) is 17.5 Å². The normalized spacial score (nSPS) is 14.0. The molecule has 4 nitrogen and oxygen atoms in total. The number of oxazole rings is 1. The Morgan fingerprint density at radius 2 is 2.00 bits per heavy atom. The Hall–Kier alpha value is -3.06. The van der Waals surface area contributed by atoms with E-state index in [0.29, 0.717) is 17.5 Å². The van der Waals surface area contributed by atoms with Crippen molar-refractivity contribution >= 4 is 16.7 Å². The predicted molar refractivity (Wildman–Crippen MR) is 104 cm³/mol. The fourth-order valence-electron chi connectivity index (χ4n) is 3.51. The van der Waals surface area contributed by atoms with Crippen LogP contribution in [-0.4, -0.2) is 11.5 Å². The lowest BCUT2D eigenvalue weighted by Gasteiger charge is -2.12. The molecule has 1 aromatic heterocycles. The largest absolute Gasteiger partial charge is 0.419 e. The van der Waals surface area contributed by atoms with Crippen LogP contribution < -0.4 is 5.32 Å². The van der Waals surface area contributed by atoms with Crippen LogP contribution in [0.1, 0.15) is 37.8 Å². The Morgan fingerprint density at radius 3 is 2.85 bits per heavy atom. The topological polar surface area (TPSA) is 61.9 Å². The van der Waals surface area contributed by atoms with E-state index in [9.17, 15) is 5.26 Å². The molecule has 1 aliphatic rings. The number of fused-ring (bicyclic) bond motifs is 1. The van der Waals surface area contributed by atoms with Crippen molar-refractivity contribution < 1.29 is 4.42 Å². The number of anilines is 1. The van der Waals surface area contributed by atoms with Crippen molar-refractivity contribution in [3.05, 3.63) is 59.8 Å². The van der Waals surface area contributed by atoms with E-state index < -0.39 is 0 Å². The van der Waals surface area contributed by atoms with Gasteiger partial charge < -0.3 is 9.73 Å². The number of nitrogens with one attached hydrogen (secondary N) is 1. The zero-order valence-electron chi connectivity index (χ0n) is 14.7. The van der Waals surface area contributed by atoms with Gasteiger partial charge in [-0.05, 0) is 48.9 Å². The van der Waals surface area contributed by atoms with Crippen molar-refractivity contribution in [2.75, 3.05) is 11.9 Å². The summed E-state index contributed by atoms with van der Waals surface area (Å²) >= 11 is 0. The van der Waals surface area contributed by atoms with Crippen LogP contribution in [0.4, 0.5) is 5.88 Å². The standard InChI is InChI=1S/C22H21N3O/c23-15-20-22(24-14-13-16-7-2-1-3-8-16)26-21(25-20)19-12-6-10-17-9-4-5-11-18(17)19/h4-7,9-12,24H,1-3,8,13-14H2. The van der Waals surface area contributed by atoms with Crippen LogP contribution in [0.3, 0.4) is 0 Å². The van der Waals surface area contributed by atoms with Crippen molar-refractivity contribution in [2.24, 2.45) is 0 Å². The SMILES string of the molecule is N#Cc1nc(-c2cccc3ccccc23)oc1NCCC1=CCCCC1. The maximum atomic E-state index is 9.42. The van der Waals surface area contributed by atoms with Crippen molar-refractivity contribution in [1.82, 2.24) is 4.98 Å². The highest BCUT2D eigenvalue weighted by molar-refractivity contribution is 5.94. The summed E-state index contributed by atoms with van der Waals surface area (Å²) in [4.78, 5) is 4.41. The van der Waals surface area contributed by atoms with Gasteiger partial charge in [0.1, 0.15) is 6.07 Å². The second-order valence-corrected chi connectivity index (χ2v) is 6.62. The van der Waals surface area contributed by atoms with Crippen molar-refractivity contribution in [3.63, 3.8) is 0 Å². The first kappa shape index (κ1) is 16.4. The summed E-state index contributed by atoms with van der Waals surface area (Å²) in [5.41, 5.74) is 2.71. The Morgan fingerprint density at radius 1 is 1.12 bits per heavy atom. The summed E-state index contributed by atoms with van der Waals surface area (Å²) in [6.45, 7) is 0.755. The first-order valence-corrected chi connectivity index (χ1v) is 9.16. The maximum Gasteiger partial charge on any atom is 0.232 e. The maximum absolute atomic E-state index is 9.42. The molecule has 0 radical (unpaired) electrons. The van der Waals surface area contributed by atoms with Crippen LogP contribution in [0.25, 0.3) is 22.2 Å². The zero-order valence-corrected chi connectivity index (χ0v) is 14.7. The number of benzene rings is 2. The summed E-state index contributed by atoms with van der Waals surface area (Å²) in [5, 5.41) is 14.9. The van der Waals surface area contributed by atoms with Gasteiger partial charge in [0.25, 0.3) is 0 Å². The molecule has 0 fully saturated rings. The molecule has 1 N–H and O–H groups in total. The van der Waals surface area contributed by atoms with Gasteiger partial charge in [-0.1, -0.05) is 48.0 Å². The molecule has 0 unspecified atom stereocenters. The second-order valence-electron chi connectivity index (χ2n) is 6.62. The molecule has 1 aliphatic carbocycles. The molecular formula is C22H21N3O. The van der Waals surface area contributed by atoms with Gasteiger partial charge in [-0.15, -0.1) is 0 Å². The fourth-order valence-corrected chi connectivity index (χ4v) is 3.51. The van der Waals surface area contributed by atoms with E-state index in [0.717, 1.165) is 29.3 Å². The number of nitriles is 1. The van der Waals surface area contributed by atoms with Gasteiger partial charge >= 0.3 is 0 Å². The summed E-state index contributed by atoms with van der Waals surface area (Å²) in [6, 6.07) is 16.3. The third-order valence-corrected chi connectivity index (χ3v) is 4.87. The molecule has 0 bridgehead atoms. The molecule has 26 heavy (non-hydrogen) atoms. The minimum absolute atomic E-state index is 0.311. The number of aromatic nitrogens is 1. The van der Waals surface area contributed by atoms with Crippen LogP contribution in [0.15, 0.2) is 58.5 Å². The number of allylic oxidation sites excluding steroid dienone is 1. The van der Waals surface area contributed by atoms with Crippen LogP contribution in [0.2, 0.25) is 0 Å². The molecule has 2 aromatic carbocycles. The molecule has 0 saturated heterocycles. The molecule has 3 aromatic rings. The lowest BCUT2D eigenvalue weighted by atomic mass is 9.97. The zero-order chi connectivity index (χ0) is 17.8. The van der Waals surface area contributed by atoms with E-state index in [4.69, 9.17) is 4.42 Å². The highest BCUT2D eigenvalue weighted by atomic mass is 16.4. The van der Waals surface area contributed by atoms with Gasteiger partial charge in [0.2, 0.25) is 17.5 Å². The summed E-state index contributed by atoms with van der Waals surface area (Å²) in [5.74, 6) is 0.949. The molecule has 0 amide bonds. The third kappa shape index (κ3) is 3.34. The van der Waals surface area contributed by atoms with Gasteiger partial charge in [0.05, 0.1) is 0 Å². The van der Waals surface area contributed by atoms with E-state index in [-0.39, 0.29) is 0 Å². The summed E-state index contributed by atoms with van der Waals surface area (Å²) in [7, 11) is 0. The van der Waals surface area contributed by atoms with E-state index in [2.05, 4.69) is 34.6 Å². The van der Waals surface area contributed by atoms with Gasteiger partial charge in [0.15, 0.2) is 0 Å². The average molecular weight is 343 g/mol. The van der Waals surface area contributed by atoms with Crippen molar-refractivity contribution in [1.29, 1.82) is 5.26 Å². The van der Waals surface area contributed by atoms with Gasteiger partial charge in [-0.25, -0.2) is 0 Å². The molecule has 0 aliphatic heterocycles. The Kier molecular flexibility index (Phi) is 4.70. The molecule has 1 heterocycles. The first-order valence-electron chi connectivity index (χ1n) is 9.16. The highest BCUT2D eigenvalue weighted by Crippen LogP contribution is 2.31. The van der Waals surface area contributed by atoms with Gasteiger partial charge in [-0.2, -0.15) is 10.2 Å². The Bertz CT molecular complexity index is 989. The quantitative estimate of drug-likeness (QED) is 0.606. The first-order chi connectivity index (χ1) is 12.8. The van der Waals surface area contributed by atoms with E-state index in [1.165, 1.54) is 31.3 Å². The molecule has 0 spiro atoms. The number of hydrogen-bond acceptors (Lipinski definition) is 4. The van der Waals surface area contributed by atoms with E-state index in [1.807, 2.05) is 30.3 Å². The summed E-state index contributed by atoms with van der Waals surface area (Å²) in [6.07, 6.45) is 8.28. The molecular weight excluding hydrogens is 322 g/mol. The summed E-state index contributed by atoms with van der Waals surface area (Å²) < 4.78 is 5.93. The van der Waals surface area contributed by atoms with Crippen LogP contribution in [0.5, 0.6) is 0 Å². The molecule has 130 valence electrons. The molecule has 0 atom stereocenters. The van der Waals surface area contributed by atoms with Crippen LogP contribution in [0, 0.1) is 11.3 Å². The lowest BCUT2D eigenvalue weighted by molar-refractivity contribution is 0.584. The van der Waals surface area contributed by atoms with Crippen LogP contribution in [-0.2, 0) is 0 Å². The lowest BCUT2D eigenvalue weighted by Crippen LogP contribution is -2.04. The number of rotatable bonds is 5. The van der Waals surface area contributed by atoms with Crippen LogP contribution >= 0.6 is 0 Å². The van der Waals surface area contributed by atoms with Crippen molar-refractivity contribution in [2.45, 2.75) is 32.1 Å². The fraction of sp³-hybridized carbons (Fsp3) is 0.273. The highest BCUT2D eigenvalue weighted by Gasteiger charge is 2.16. The minimum atomic E-state index is 0.311. The number of nitrogens with zero attached hydrogens (tertiary/aromatic N) is 2. The molecule has 4 heteroatoms. The average Bonchev–Trinajstić information content (AvgIpc) is 3.11. The third-order valence-electron chi connectivity index (χ3n) is 4.87. The Balaban J connectivity index is 1.57. The van der Waals surface area contributed by atoms with E-state index in [1.54, 1.807) is 0 Å². The Labute approximate surface area is 153 Å². The van der Waals surface area contributed by atoms with Gasteiger partial charge in [-0.3, -0.25) is 0 Å². The van der Waals surface area contributed by atoms with E-state index >= 15 is 0 Å². The number of hydrogen-bond donors (Lipinski definition) is 1. The second kappa shape index (κ2) is 7.45. The van der Waals surface area contributed by atoms with Gasteiger partial charge in [0, 0.05) is 12.1 Å². The molecule has 0 saturated carbocycles. The minimum Gasteiger partial charge on any atom is -0.419 e. The molecule has 4 rings (SSSR count). The monoisotopic (exact) mass is 343 g/mol. The smallest absolute Gasteiger partial charge is 0.232 e. The predicted octanol–water partition coefficient (Wildman–Crippen LogP) is 5.67.